The second kappa shape index (κ2) is 6.51. The molecule has 1 heterocycles. The zero-order valence-corrected chi connectivity index (χ0v) is 14.1. The zero-order chi connectivity index (χ0) is 15.6. The minimum absolute atomic E-state index is 0.0570. The van der Waals surface area contributed by atoms with Crippen LogP contribution in [0.15, 0.2) is 11.6 Å². The van der Waals surface area contributed by atoms with Crippen LogP contribution in [0.5, 0.6) is 0 Å². The van der Waals surface area contributed by atoms with Crippen LogP contribution in [-0.2, 0) is 14.3 Å². The molecule has 0 amide bonds. The lowest BCUT2D eigenvalue weighted by atomic mass is 9.56. The first kappa shape index (κ1) is 16.5. The normalized spacial score (nSPS) is 38.8. The summed E-state index contributed by atoms with van der Waals surface area (Å²) in [6.07, 6.45) is 6.27. The van der Waals surface area contributed by atoms with Gasteiger partial charge in [-0.1, -0.05) is 45.3 Å². The maximum absolute atomic E-state index is 11.2. The molecule has 5 atom stereocenters. The topological polar surface area (TPSA) is 35.5 Å². The van der Waals surface area contributed by atoms with Crippen molar-refractivity contribution in [3.05, 3.63) is 11.6 Å². The minimum atomic E-state index is -0.195. The van der Waals surface area contributed by atoms with Crippen molar-refractivity contribution in [1.82, 2.24) is 0 Å². The van der Waals surface area contributed by atoms with Crippen molar-refractivity contribution >= 4 is 5.97 Å². The maximum Gasteiger partial charge on any atom is 0.302 e. The summed E-state index contributed by atoms with van der Waals surface area (Å²) in [5.74, 6) is 1.15. The quantitative estimate of drug-likeness (QED) is 0.568. The first-order valence-electron chi connectivity index (χ1n) is 8.35. The standard InChI is InChI=1S/C18H30O3/c1-6-7-8-16-17-12(2)9-13(3)18(11-21-16,14(17)4)10-20-15(5)19/h9,13-14,16-17H,6-8,10-11H2,1-5H3/t13?,14?,16?,17?,18-/m1/s1. The number of carbonyl (C=O) groups is 1. The minimum Gasteiger partial charge on any atom is -0.465 e. The molecule has 21 heavy (non-hydrogen) atoms. The number of hydrogen-bond acceptors (Lipinski definition) is 3. The Bertz CT molecular complexity index is 415. The molecule has 1 fully saturated rings. The molecule has 0 spiro atoms. The largest absolute Gasteiger partial charge is 0.465 e. The Morgan fingerprint density at radius 1 is 1.48 bits per heavy atom. The van der Waals surface area contributed by atoms with Crippen LogP contribution in [0.25, 0.3) is 0 Å². The Morgan fingerprint density at radius 2 is 2.19 bits per heavy atom. The average molecular weight is 294 g/mol. The van der Waals surface area contributed by atoms with Gasteiger partial charge in [0.15, 0.2) is 0 Å². The molecule has 0 radical (unpaired) electrons. The number of allylic oxidation sites excluding steroid dienone is 1. The summed E-state index contributed by atoms with van der Waals surface area (Å²) in [5, 5.41) is 0. The van der Waals surface area contributed by atoms with Gasteiger partial charge in [0.1, 0.15) is 0 Å². The third kappa shape index (κ3) is 3.03. The molecule has 1 saturated heterocycles. The van der Waals surface area contributed by atoms with Gasteiger partial charge in [0.05, 0.1) is 19.3 Å². The number of fused-ring (bicyclic) bond motifs is 2. The summed E-state index contributed by atoms with van der Waals surface area (Å²) < 4.78 is 11.7. The van der Waals surface area contributed by atoms with Crippen molar-refractivity contribution < 1.29 is 14.3 Å². The van der Waals surface area contributed by atoms with E-state index in [9.17, 15) is 4.79 Å². The van der Waals surface area contributed by atoms with Gasteiger partial charge in [-0.3, -0.25) is 4.79 Å². The monoisotopic (exact) mass is 294 g/mol. The average Bonchev–Trinajstić information content (AvgIpc) is 2.42. The van der Waals surface area contributed by atoms with Gasteiger partial charge < -0.3 is 9.47 Å². The van der Waals surface area contributed by atoms with E-state index in [1.54, 1.807) is 0 Å². The Balaban J connectivity index is 2.23. The highest BCUT2D eigenvalue weighted by atomic mass is 16.5. The summed E-state index contributed by atoms with van der Waals surface area (Å²) in [6, 6.07) is 0. The second-order valence-corrected chi connectivity index (χ2v) is 7.02. The van der Waals surface area contributed by atoms with Gasteiger partial charge in [0.25, 0.3) is 0 Å². The van der Waals surface area contributed by atoms with Gasteiger partial charge in [-0.25, -0.2) is 0 Å². The van der Waals surface area contributed by atoms with Gasteiger partial charge in [-0.15, -0.1) is 0 Å². The molecular formula is C18H30O3. The van der Waals surface area contributed by atoms with E-state index in [0.717, 1.165) is 6.42 Å². The molecule has 0 N–H and O–H groups in total. The molecule has 1 aliphatic heterocycles. The molecule has 4 unspecified atom stereocenters. The SMILES string of the molecule is CCCCC1OC[C@]2(COC(C)=O)C(C)C=C(C)C1C2C. The van der Waals surface area contributed by atoms with Crippen LogP contribution in [0.3, 0.4) is 0 Å². The van der Waals surface area contributed by atoms with Gasteiger partial charge in [-0.05, 0) is 25.2 Å². The number of hydrogen-bond donors (Lipinski definition) is 0. The molecular weight excluding hydrogens is 264 g/mol. The number of carbonyl (C=O) groups excluding carboxylic acids is 1. The van der Waals surface area contributed by atoms with Crippen LogP contribution in [0.1, 0.15) is 53.9 Å². The first-order chi connectivity index (χ1) is 9.92. The predicted molar refractivity (Wildman–Crippen MR) is 83.9 cm³/mol. The Morgan fingerprint density at radius 3 is 2.81 bits per heavy atom. The molecule has 2 bridgehead atoms. The smallest absolute Gasteiger partial charge is 0.302 e. The van der Waals surface area contributed by atoms with E-state index in [1.807, 2.05) is 0 Å². The summed E-state index contributed by atoms with van der Waals surface area (Å²) in [5.41, 5.74) is 1.40. The zero-order valence-electron chi connectivity index (χ0n) is 14.1. The Labute approximate surface area is 129 Å². The molecule has 120 valence electrons. The third-order valence-electron chi connectivity index (χ3n) is 5.74. The lowest BCUT2D eigenvalue weighted by molar-refractivity contribution is -0.180. The first-order valence-corrected chi connectivity index (χ1v) is 8.35. The molecule has 0 aromatic heterocycles. The van der Waals surface area contributed by atoms with Crippen LogP contribution in [0.2, 0.25) is 0 Å². The van der Waals surface area contributed by atoms with Gasteiger partial charge in [0, 0.05) is 18.3 Å². The highest BCUT2D eigenvalue weighted by Gasteiger charge is 2.53. The van der Waals surface area contributed by atoms with Crippen molar-refractivity contribution in [1.29, 1.82) is 0 Å². The van der Waals surface area contributed by atoms with Crippen LogP contribution >= 0.6 is 0 Å². The molecule has 2 rings (SSSR count). The fourth-order valence-corrected chi connectivity index (χ4v) is 4.29. The third-order valence-corrected chi connectivity index (χ3v) is 5.74. The number of esters is 1. The van der Waals surface area contributed by atoms with Gasteiger partial charge in [0.2, 0.25) is 0 Å². The van der Waals surface area contributed by atoms with Crippen molar-refractivity contribution in [3.8, 4) is 0 Å². The van der Waals surface area contributed by atoms with E-state index < -0.39 is 0 Å². The predicted octanol–water partition coefficient (Wildman–Crippen LogP) is 3.97. The highest BCUT2D eigenvalue weighted by Crippen LogP contribution is 2.53. The molecule has 3 heteroatoms. The lowest BCUT2D eigenvalue weighted by Gasteiger charge is -2.55. The van der Waals surface area contributed by atoms with E-state index in [0.29, 0.717) is 37.1 Å². The Hall–Kier alpha value is -0.830. The van der Waals surface area contributed by atoms with Crippen molar-refractivity contribution in [3.63, 3.8) is 0 Å². The summed E-state index contributed by atoms with van der Waals surface area (Å²) in [6.45, 7) is 11.7. The fraction of sp³-hybridized carbons (Fsp3) is 0.833. The highest BCUT2D eigenvalue weighted by molar-refractivity contribution is 5.65. The van der Waals surface area contributed by atoms with Crippen molar-refractivity contribution in [2.45, 2.75) is 60.0 Å². The lowest BCUT2D eigenvalue weighted by Crippen LogP contribution is -2.56. The molecule has 1 aliphatic carbocycles. The summed E-state index contributed by atoms with van der Waals surface area (Å²) >= 11 is 0. The molecule has 0 aromatic carbocycles. The van der Waals surface area contributed by atoms with E-state index in [4.69, 9.17) is 9.47 Å². The van der Waals surface area contributed by atoms with E-state index >= 15 is 0 Å². The molecule has 0 saturated carbocycles. The van der Waals surface area contributed by atoms with Crippen molar-refractivity contribution in [2.75, 3.05) is 13.2 Å². The maximum atomic E-state index is 11.2. The summed E-state index contributed by atoms with van der Waals surface area (Å²) in [7, 11) is 0. The summed E-state index contributed by atoms with van der Waals surface area (Å²) in [4.78, 5) is 11.2. The van der Waals surface area contributed by atoms with Gasteiger partial charge in [-0.2, -0.15) is 0 Å². The van der Waals surface area contributed by atoms with E-state index in [-0.39, 0.29) is 11.4 Å². The van der Waals surface area contributed by atoms with Crippen LogP contribution in [0.4, 0.5) is 0 Å². The Kier molecular flexibility index (Phi) is 5.13. The van der Waals surface area contributed by atoms with E-state index in [2.05, 4.69) is 33.8 Å². The number of unbranched alkanes of at least 4 members (excludes halogenated alkanes) is 1. The second-order valence-electron chi connectivity index (χ2n) is 7.02. The van der Waals surface area contributed by atoms with Crippen LogP contribution in [-0.4, -0.2) is 25.3 Å². The van der Waals surface area contributed by atoms with E-state index in [1.165, 1.54) is 25.3 Å². The van der Waals surface area contributed by atoms with Crippen LogP contribution < -0.4 is 0 Å². The van der Waals surface area contributed by atoms with Crippen molar-refractivity contribution in [2.24, 2.45) is 23.2 Å². The van der Waals surface area contributed by atoms with Gasteiger partial charge >= 0.3 is 5.97 Å². The number of ether oxygens (including phenoxy) is 2. The number of rotatable bonds is 5. The van der Waals surface area contributed by atoms with Crippen LogP contribution in [0, 0.1) is 23.2 Å². The molecule has 3 nitrogen and oxygen atoms in total. The fourth-order valence-electron chi connectivity index (χ4n) is 4.29. The molecule has 0 aromatic rings. The molecule has 2 aliphatic rings.